The van der Waals surface area contributed by atoms with E-state index in [4.69, 9.17) is 14.9 Å². The SMILES string of the molecule is CC(=O)N1CCc2c(c(N3CCCc4cc(-c5cnn(C)c5)c(C(F)F)cc43)nn2C2CCN(C(=O)COC3CCN(c4ncc(C(=O)O)cn4)CC3)CC2)C1. The maximum atomic E-state index is 14.6. The fourth-order valence-electron chi connectivity index (χ4n) is 8.53. The van der Waals surface area contributed by atoms with Crippen LogP contribution in [-0.4, -0.2) is 114 Å². The Hall–Kier alpha value is -5.45. The maximum absolute atomic E-state index is 14.6. The number of ether oxygens (including phenoxy) is 1. The summed E-state index contributed by atoms with van der Waals surface area (Å²) in [5, 5.41) is 18.5. The van der Waals surface area contributed by atoms with Crippen LogP contribution in [0.25, 0.3) is 11.1 Å². The predicted octanol–water partition coefficient (Wildman–Crippen LogP) is 4.55. The number of hydrogen-bond acceptors (Lipinski definition) is 10. The van der Waals surface area contributed by atoms with Crippen LogP contribution in [0.1, 0.15) is 84.2 Å². The first-order valence-corrected chi connectivity index (χ1v) is 19.3. The molecular formula is C39H46F2N10O5. The Morgan fingerprint density at radius 2 is 1.70 bits per heavy atom. The summed E-state index contributed by atoms with van der Waals surface area (Å²) in [6.07, 6.45) is 8.23. The van der Waals surface area contributed by atoms with Crippen LogP contribution in [0.2, 0.25) is 0 Å². The first-order valence-electron chi connectivity index (χ1n) is 19.3. The number of likely N-dealkylation sites (tertiary alicyclic amines) is 1. The Bertz CT molecular complexity index is 2100. The van der Waals surface area contributed by atoms with E-state index in [1.807, 2.05) is 20.8 Å². The van der Waals surface area contributed by atoms with Crippen LogP contribution in [0.4, 0.5) is 26.2 Å². The number of rotatable bonds is 9. The number of fused-ring (bicyclic) bond motifs is 2. The molecule has 0 unspecified atom stereocenters. The highest BCUT2D eigenvalue weighted by molar-refractivity contribution is 5.86. The van der Waals surface area contributed by atoms with Gasteiger partial charge in [0.2, 0.25) is 17.8 Å². The molecule has 2 amide bonds. The maximum Gasteiger partial charge on any atom is 0.338 e. The van der Waals surface area contributed by atoms with Crippen molar-refractivity contribution in [1.29, 1.82) is 0 Å². The van der Waals surface area contributed by atoms with Gasteiger partial charge in [0.05, 0.1) is 30.5 Å². The van der Waals surface area contributed by atoms with Gasteiger partial charge in [0.1, 0.15) is 6.61 Å². The van der Waals surface area contributed by atoms with E-state index in [0.717, 1.165) is 35.3 Å². The molecule has 4 aromatic rings. The highest BCUT2D eigenvalue weighted by Crippen LogP contribution is 2.43. The Morgan fingerprint density at radius 1 is 0.946 bits per heavy atom. The third-order valence-corrected chi connectivity index (χ3v) is 11.6. The van der Waals surface area contributed by atoms with Gasteiger partial charge < -0.3 is 29.4 Å². The number of carbonyl (C=O) groups is 3. The molecule has 7 heterocycles. The van der Waals surface area contributed by atoms with Crippen molar-refractivity contribution in [2.45, 2.75) is 77.0 Å². The number of anilines is 3. The molecule has 3 aromatic heterocycles. The summed E-state index contributed by atoms with van der Waals surface area (Å²) in [4.78, 5) is 53.1. The molecule has 2 fully saturated rings. The fraction of sp³-hybridized carbons (Fsp3) is 0.513. The minimum atomic E-state index is -2.68. The fourth-order valence-corrected chi connectivity index (χ4v) is 8.53. The van der Waals surface area contributed by atoms with Gasteiger partial charge >= 0.3 is 5.97 Å². The van der Waals surface area contributed by atoms with Crippen molar-refractivity contribution in [3.63, 3.8) is 0 Å². The number of aromatic nitrogens is 6. The lowest BCUT2D eigenvalue weighted by atomic mass is 9.92. The topological polar surface area (TPSA) is 155 Å². The zero-order valence-electron chi connectivity index (χ0n) is 31.6. The lowest BCUT2D eigenvalue weighted by molar-refractivity contribution is -0.140. The number of halogens is 2. The lowest BCUT2D eigenvalue weighted by Gasteiger charge is -2.35. The zero-order valence-corrected chi connectivity index (χ0v) is 31.6. The van der Waals surface area contributed by atoms with Crippen molar-refractivity contribution in [3.8, 4) is 11.1 Å². The second kappa shape index (κ2) is 15.6. The zero-order chi connectivity index (χ0) is 39.1. The number of aryl methyl sites for hydroxylation is 2. The molecule has 0 saturated carbocycles. The van der Waals surface area contributed by atoms with E-state index < -0.39 is 12.4 Å². The second-order valence-corrected chi connectivity index (χ2v) is 15.1. The van der Waals surface area contributed by atoms with E-state index in [2.05, 4.69) is 24.6 Å². The Kier molecular flexibility index (Phi) is 10.4. The van der Waals surface area contributed by atoms with E-state index in [0.29, 0.717) is 101 Å². The van der Waals surface area contributed by atoms with Crippen molar-refractivity contribution in [2.24, 2.45) is 7.05 Å². The molecule has 8 rings (SSSR count). The van der Waals surface area contributed by atoms with Gasteiger partial charge in [-0.1, -0.05) is 0 Å². The van der Waals surface area contributed by atoms with Crippen LogP contribution in [0, 0.1) is 0 Å². The average molecular weight is 773 g/mol. The van der Waals surface area contributed by atoms with E-state index in [1.54, 1.807) is 37.1 Å². The van der Waals surface area contributed by atoms with Gasteiger partial charge in [0.25, 0.3) is 6.43 Å². The van der Waals surface area contributed by atoms with Gasteiger partial charge in [0, 0.05) is 106 Å². The monoisotopic (exact) mass is 772 g/mol. The van der Waals surface area contributed by atoms with E-state index in [-0.39, 0.29) is 41.7 Å². The van der Waals surface area contributed by atoms with Gasteiger partial charge in [-0.15, -0.1) is 0 Å². The normalized spacial score (nSPS) is 18.0. The molecule has 296 valence electrons. The molecule has 15 nitrogen and oxygen atoms in total. The summed E-state index contributed by atoms with van der Waals surface area (Å²) >= 11 is 0. The molecule has 0 spiro atoms. The number of nitrogens with zero attached hydrogens (tertiary/aromatic N) is 10. The third-order valence-electron chi connectivity index (χ3n) is 11.6. The summed E-state index contributed by atoms with van der Waals surface area (Å²) in [6, 6.07) is 3.53. The second-order valence-electron chi connectivity index (χ2n) is 15.1. The van der Waals surface area contributed by atoms with Gasteiger partial charge in [-0.25, -0.2) is 23.5 Å². The molecular weight excluding hydrogens is 726 g/mol. The molecule has 56 heavy (non-hydrogen) atoms. The molecule has 0 bridgehead atoms. The van der Waals surface area contributed by atoms with Gasteiger partial charge in [-0.2, -0.15) is 10.2 Å². The largest absolute Gasteiger partial charge is 0.478 e. The average Bonchev–Trinajstić information content (AvgIpc) is 3.82. The van der Waals surface area contributed by atoms with Crippen molar-refractivity contribution in [2.75, 3.05) is 55.7 Å². The number of carbonyl (C=O) groups excluding carboxylic acids is 2. The smallest absolute Gasteiger partial charge is 0.338 e. The molecule has 17 heteroatoms. The van der Waals surface area contributed by atoms with Crippen LogP contribution >= 0.6 is 0 Å². The lowest BCUT2D eigenvalue weighted by Crippen LogP contribution is -2.43. The summed E-state index contributed by atoms with van der Waals surface area (Å²) < 4.78 is 39.1. The first kappa shape index (κ1) is 37.5. The number of benzene rings is 1. The van der Waals surface area contributed by atoms with E-state index >= 15 is 0 Å². The summed E-state index contributed by atoms with van der Waals surface area (Å²) in [5.74, 6) is 0.0494. The summed E-state index contributed by atoms with van der Waals surface area (Å²) in [6.45, 7) is 5.55. The molecule has 0 aliphatic carbocycles. The molecule has 1 aromatic carbocycles. The van der Waals surface area contributed by atoms with Crippen LogP contribution in [0.15, 0.2) is 36.9 Å². The number of carboxylic acid groups (broad SMARTS) is 1. The van der Waals surface area contributed by atoms with Gasteiger partial charge in [-0.3, -0.25) is 19.0 Å². The van der Waals surface area contributed by atoms with Crippen LogP contribution < -0.4 is 9.80 Å². The number of hydrogen-bond donors (Lipinski definition) is 1. The molecule has 1 N–H and O–H groups in total. The summed E-state index contributed by atoms with van der Waals surface area (Å²) in [5.41, 5.74) is 4.84. The van der Waals surface area contributed by atoms with Crippen LogP contribution in [0.3, 0.4) is 0 Å². The van der Waals surface area contributed by atoms with Crippen molar-refractivity contribution in [3.05, 3.63) is 64.9 Å². The molecule has 2 saturated heterocycles. The first-order chi connectivity index (χ1) is 27.0. The Balaban J connectivity index is 0.946. The number of amides is 2. The quantitative estimate of drug-likeness (QED) is 0.255. The highest BCUT2D eigenvalue weighted by atomic mass is 19.3. The number of aromatic carboxylic acids is 1. The standard InChI is InChI=1S/C39H46F2N10O5/c1-24(52)49-15-9-33-32(22-49)37(50-10-3-4-25-16-30(27-20-44-46(2)21-27)31(36(40)41)17-34(25)50)45-51(33)28-5-11-47(12-6-28)35(53)23-56-29-7-13-48(14-8-29)39-42-18-26(19-43-39)38(54)55/h16-21,28-29,36H,3-15,22-23H2,1-2H3,(H,54,55). The number of alkyl halides is 2. The van der Waals surface area contributed by atoms with E-state index in [9.17, 15) is 23.2 Å². The molecule has 0 atom stereocenters. The molecule has 4 aliphatic heterocycles. The van der Waals surface area contributed by atoms with Crippen LogP contribution in [0.5, 0.6) is 0 Å². The van der Waals surface area contributed by atoms with Crippen LogP contribution in [-0.2, 0) is 40.8 Å². The molecule has 0 radical (unpaired) electrons. The van der Waals surface area contributed by atoms with Gasteiger partial charge in [-0.05, 0) is 61.8 Å². The predicted molar refractivity (Wildman–Crippen MR) is 201 cm³/mol. The summed E-state index contributed by atoms with van der Waals surface area (Å²) in [7, 11) is 1.77. The number of piperidine rings is 2. The van der Waals surface area contributed by atoms with E-state index in [1.165, 1.54) is 12.4 Å². The molecule has 4 aliphatic rings. The van der Waals surface area contributed by atoms with Crippen molar-refractivity contribution < 1.29 is 33.0 Å². The Labute approximate surface area is 322 Å². The third kappa shape index (κ3) is 7.43. The highest BCUT2D eigenvalue weighted by Gasteiger charge is 2.35. The Morgan fingerprint density at radius 3 is 2.36 bits per heavy atom. The number of carboxylic acids is 1. The minimum absolute atomic E-state index is 0.00118. The van der Waals surface area contributed by atoms with Crippen molar-refractivity contribution in [1.82, 2.24) is 39.3 Å². The van der Waals surface area contributed by atoms with Crippen molar-refractivity contribution >= 4 is 35.2 Å². The minimum Gasteiger partial charge on any atom is -0.478 e. The van der Waals surface area contributed by atoms with Gasteiger partial charge in [0.15, 0.2) is 5.82 Å².